The monoisotopic (exact) mass is 435 g/mol. The Morgan fingerprint density at radius 1 is 0.969 bits per heavy atom. The highest BCUT2D eigenvalue weighted by Gasteiger charge is 2.20. The van der Waals surface area contributed by atoms with Gasteiger partial charge in [-0.1, -0.05) is 22.9 Å². The number of nitrogens with zero attached hydrogens (tertiary/aromatic N) is 3. The van der Waals surface area contributed by atoms with Crippen LogP contribution in [0.1, 0.15) is 32.9 Å². The van der Waals surface area contributed by atoms with Crippen molar-refractivity contribution in [2.24, 2.45) is 0 Å². The summed E-state index contributed by atoms with van der Waals surface area (Å²) in [5, 5.41) is 13.7. The number of hydrogen-bond acceptors (Lipinski definition) is 6. The second kappa shape index (κ2) is 8.70. The van der Waals surface area contributed by atoms with E-state index in [0.29, 0.717) is 36.1 Å². The van der Waals surface area contributed by atoms with E-state index in [0.717, 1.165) is 22.4 Å². The lowest BCUT2D eigenvalue weighted by atomic mass is 10.0. The third-order valence-electron chi connectivity index (χ3n) is 5.23. The van der Waals surface area contributed by atoms with Crippen molar-refractivity contribution >= 4 is 23.2 Å². The van der Waals surface area contributed by atoms with Crippen molar-refractivity contribution in [3.8, 4) is 11.5 Å². The summed E-state index contributed by atoms with van der Waals surface area (Å²) in [7, 11) is 0. The first-order chi connectivity index (χ1) is 15.3. The van der Waals surface area contributed by atoms with Crippen molar-refractivity contribution in [2.45, 2.75) is 34.2 Å². The van der Waals surface area contributed by atoms with Crippen LogP contribution in [-0.2, 0) is 11.3 Å². The van der Waals surface area contributed by atoms with Gasteiger partial charge in [-0.15, -0.1) is 5.10 Å². The van der Waals surface area contributed by atoms with E-state index in [1.54, 1.807) is 25.1 Å². The van der Waals surface area contributed by atoms with E-state index in [-0.39, 0.29) is 24.1 Å². The lowest BCUT2D eigenvalue weighted by Gasteiger charge is -2.19. The number of fused-ring (bicyclic) bond motifs is 1. The molecule has 0 unspecified atom stereocenters. The lowest BCUT2D eigenvalue weighted by molar-refractivity contribution is -0.117. The molecule has 2 heterocycles. The number of hydrogen-bond donors (Lipinski definition) is 2. The minimum atomic E-state index is -0.365. The number of rotatable bonds is 5. The average molecular weight is 435 g/mol. The Kier molecular flexibility index (Phi) is 5.81. The third kappa shape index (κ3) is 4.41. The molecule has 0 spiro atoms. The first-order valence-electron chi connectivity index (χ1n) is 10.3. The van der Waals surface area contributed by atoms with Crippen LogP contribution in [0, 0.1) is 27.7 Å². The van der Waals surface area contributed by atoms with Crippen LogP contribution in [0.15, 0.2) is 30.3 Å². The van der Waals surface area contributed by atoms with Crippen LogP contribution in [-0.4, -0.2) is 40.0 Å². The third-order valence-corrected chi connectivity index (χ3v) is 5.23. The number of aryl methyl sites for hydroxylation is 3. The summed E-state index contributed by atoms with van der Waals surface area (Å²) in [5.74, 6) is 0.575. The van der Waals surface area contributed by atoms with Gasteiger partial charge < -0.3 is 20.1 Å². The van der Waals surface area contributed by atoms with Crippen molar-refractivity contribution < 1.29 is 19.1 Å². The normalized spacial score (nSPS) is 12.4. The molecule has 0 atom stereocenters. The molecule has 1 aliphatic rings. The minimum absolute atomic E-state index is 0.0802. The number of carbonyl (C=O) groups excluding carboxylic acids is 2. The molecule has 32 heavy (non-hydrogen) atoms. The molecule has 2 amide bonds. The Labute approximate surface area is 185 Å². The highest BCUT2D eigenvalue weighted by atomic mass is 16.6. The Bertz CT molecular complexity index is 1180. The number of aromatic nitrogens is 3. The van der Waals surface area contributed by atoms with E-state index >= 15 is 0 Å². The Morgan fingerprint density at radius 3 is 2.38 bits per heavy atom. The van der Waals surface area contributed by atoms with Gasteiger partial charge in [0.2, 0.25) is 5.91 Å². The van der Waals surface area contributed by atoms with Crippen molar-refractivity contribution in [3.63, 3.8) is 0 Å². The number of nitrogens with one attached hydrogen (secondary N) is 2. The van der Waals surface area contributed by atoms with Crippen LogP contribution in [0.2, 0.25) is 0 Å². The predicted octanol–water partition coefficient (Wildman–Crippen LogP) is 3.17. The SMILES string of the molecule is Cc1cc(C)c(NC(=O)c2nnn(CC(=O)Nc3ccc4c(c3)OCCO4)c2C)c(C)c1. The van der Waals surface area contributed by atoms with E-state index in [1.807, 2.05) is 32.9 Å². The quantitative estimate of drug-likeness (QED) is 0.637. The molecule has 4 rings (SSSR count). The van der Waals surface area contributed by atoms with Gasteiger partial charge in [0.25, 0.3) is 5.91 Å². The van der Waals surface area contributed by atoms with Gasteiger partial charge in [0.05, 0.1) is 5.69 Å². The molecule has 2 N–H and O–H groups in total. The molecule has 0 saturated heterocycles. The van der Waals surface area contributed by atoms with Gasteiger partial charge in [-0.2, -0.15) is 0 Å². The summed E-state index contributed by atoms with van der Waals surface area (Å²) in [5.41, 5.74) is 5.09. The summed E-state index contributed by atoms with van der Waals surface area (Å²) >= 11 is 0. The summed E-state index contributed by atoms with van der Waals surface area (Å²) in [4.78, 5) is 25.3. The molecule has 2 aromatic carbocycles. The summed E-state index contributed by atoms with van der Waals surface area (Å²) in [6.45, 7) is 8.50. The molecule has 0 aliphatic carbocycles. The van der Waals surface area contributed by atoms with Gasteiger partial charge in [0, 0.05) is 17.4 Å². The fourth-order valence-corrected chi connectivity index (χ4v) is 3.73. The predicted molar refractivity (Wildman–Crippen MR) is 119 cm³/mol. The van der Waals surface area contributed by atoms with Crippen molar-refractivity contribution in [1.29, 1.82) is 0 Å². The number of anilines is 2. The maximum atomic E-state index is 12.8. The molecule has 0 fully saturated rings. The number of amides is 2. The van der Waals surface area contributed by atoms with Crippen LogP contribution in [0.5, 0.6) is 11.5 Å². The second-order valence-corrected chi connectivity index (χ2v) is 7.82. The van der Waals surface area contributed by atoms with E-state index in [2.05, 4.69) is 20.9 Å². The average Bonchev–Trinajstić information content (AvgIpc) is 3.10. The maximum Gasteiger partial charge on any atom is 0.278 e. The van der Waals surface area contributed by atoms with Crippen molar-refractivity contribution in [1.82, 2.24) is 15.0 Å². The highest BCUT2D eigenvalue weighted by molar-refractivity contribution is 6.04. The zero-order chi connectivity index (χ0) is 22.8. The van der Waals surface area contributed by atoms with E-state index < -0.39 is 0 Å². The molecule has 1 aliphatic heterocycles. The van der Waals surface area contributed by atoms with Crippen LogP contribution in [0.25, 0.3) is 0 Å². The Hall–Kier alpha value is -3.88. The summed E-state index contributed by atoms with van der Waals surface area (Å²) < 4.78 is 12.4. The van der Waals surface area contributed by atoms with Gasteiger partial charge in [-0.05, 0) is 51.0 Å². The first kappa shape index (κ1) is 21.4. The van der Waals surface area contributed by atoms with Crippen LogP contribution in [0.4, 0.5) is 11.4 Å². The summed E-state index contributed by atoms with van der Waals surface area (Å²) in [6, 6.07) is 9.22. The molecule has 0 bridgehead atoms. The molecule has 3 aromatic rings. The number of benzene rings is 2. The molecule has 9 nitrogen and oxygen atoms in total. The van der Waals surface area contributed by atoms with E-state index in [4.69, 9.17) is 9.47 Å². The van der Waals surface area contributed by atoms with Crippen molar-refractivity contribution in [2.75, 3.05) is 23.8 Å². The fourth-order valence-electron chi connectivity index (χ4n) is 3.73. The lowest BCUT2D eigenvalue weighted by Crippen LogP contribution is -2.21. The van der Waals surface area contributed by atoms with Gasteiger partial charge in [-0.25, -0.2) is 4.68 Å². The zero-order valence-electron chi connectivity index (χ0n) is 18.5. The topological polar surface area (TPSA) is 107 Å². The fraction of sp³-hybridized carbons (Fsp3) is 0.304. The standard InChI is InChI=1S/C23H25N5O4/c1-13-9-14(2)21(15(3)10-13)25-23(30)22-16(4)28(27-26-22)12-20(29)24-17-5-6-18-19(11-17)32-8-7-31-18/h5-6,9-11H,7-8,12H2,1-4H3,(H,24,29)(H,25,30). The zero-order valence-corrected chi connectivity index (χ0v) is 18.5. The summed E-state index contributed by atoms with van der Waals surface area (Å²) in [6.07, 6.45) is 0. The van der Waals surface area contributed by atoms with Crippen molar-refractivity contribution in [3.05, 3.63) is 58.4 Å². The van der Waals surface area contributed by atoms with Crippen LogP contribution < -0.4 is 20.1 Å². The molecule has 0 saturated carbocycles. The van der Waals surface area contributed by atoms with Gasteiger partial charge in [0.1, 0.15) is 19.8 Å². The molecule has 166 valence electrons. The second-order valence-electron chi connectivity index (χ2n) is 7.82. The van der Waals surface area contributed by atoms with E-state index in [1.165, 1.54) is 4.68 Å². The van der Waals surface area contributed by atoms with Crippen LogP contribution in [0.3, 0.4) is 0 Å². The molecular weight excluding hydrogens is 410 g/mol. The largest absolute Gasteiger partial charge is 0.486 e. The first-order valence-corrected chi connectivity index (χ1v) is 10.3. The molecule has 1 aromatic heterocycles. The Morgan fingerprint density at radius 2 is 1.66 bits per heavy atom. The van der Waals surface area contributed by atoms with E-state index in [9.17, 15) is 9.59 Å². The van der Waals surface area contributed by atoms with Gasteiger partial charge in [-0.3, -0.25) is 9.59 Å². The Balaban J connectivity index is 1.43. The smallest absolute Gasteiger partial charge is 0.278 e. The maximum absolute atomic E-state index is 12.8. The molecule has 9 heteroatoms. The van der Waals surface area contributed by atoms with Gasteiger partial charge >= 0.3 is 0 Å². The molecular formula is C23H25N5O4. The van der Waals surface area contributed by atoms with Gasteiger partial charge in [0.15, 0.2) is 17.2 Å². The number of ether oxygens (including phenoxy) is 2. The van der Waals surface area contributed by atoms with Crippen LogP contribution >= 0.6 is 0 Å². The number of carbonyl (C=O) groups is 2. The molecule has 0 radical (unpaired) electrons. The minimum Gasteiger partial charge on any atom is -0.486 e. The highest BCUT2D eigenvalue weighted by Crippen LogP contribution is 2.32.